The summed E-state index contributed by atoms with van der Waals surface area (Å²) < 4.78 is 0.946. The number of pyridine rings is 1. The van der Waals surface area contributed by atoms with E-state index in [2.05, 4.69) is 38.1 Å². The van der Waals surface area contributed by atoms with Crippen molar-refractivity contribution in [2.24, 2.45) is 0 Å². The lowest BCUT2D eigenvalue weighted by Crippen LogP contribution is -2.18. The zero-order valence-corrected chi connectivity index (χ0v) is 14.4. The molecule has 0 bridgehead atoms. The average Bonchev–Trinajstić information content (AvgIpc) is 2.54. The molecule has 0 unspecified atom stereocenters. The molecule has 0 spiro atoms. The van der Waals surface area contributed by atoms with Gasteiger partial charge in [0.25, 0.3) is 5.91 Å². The molecule has 0 aliphatic carbocycles. The zero-order chi connectivity index (χ0) is 15.9. The van der Waals surface area contributed by atoms with Crippen molar-refractivity contribution in [3.05, 3.63) is 52.6 Å². The summed E-state index contributed by atoms with van der Waals surface area (Å²) in [4.78, 5) is 18.6. The van der Waals surface area contributed by atoms with Gasteiger partial charge in [-0.2, -0.15) is 0 Å². The molecule has 0 aliphatic rings. The van der Waals surface area contributed by atoms with E-state index in [9.17, 15) is 4.79 Å². The summed E-state index contributed by atoms with van der Waals surface area (Å²) in [6.07, 6.45) is 4.10. The number of anilines is 2. The van der Waals surface area contributed by atoms with E-state index in [0.29, 0.717) is 11.4 Å². The molecule has 0 atom stereocenters. The molecule has 0 aliphatic heterocycles. The third kappa shape index (κ3) is 4.56. The van der Waals surface area contributed by atoms with Gasteiger partial charge in [0.15, 0.2) is 0 Å². The Bertz CT molecular complexity index is 611. The molecule has 1 N–H and O–H groups in total. The van der Waals surface area contributed by atoms with Crippen molar-refractivity contribution in [3.8, 4) is 0 Å². The first-order chi connectivity index (χ1) is 10.6. The van der Waals surface area contributed by atoms with Gasteiger partial charge in [-0.25, -0.2) is 4.98 Å². The number of nitrogens with one attached hydrogen (secondary N) is 1. The fourth-order valence-electron chi connectivity index (χ4n) is 2.00. The zero-order valence-electron chi connectivity index (χ0n) is 12.8. The first-order valence-electron chi connectivity index (χ1n) is 7.34. The molecular formula is C17H20BrN3O. The number of halogens is 1. The van der Waals surface area contributed by atoms with Gasteiger partial charge in [-0.05, 0) is 42.8 Å². The number of unbranched alkanes of at least 4 members (excludes halogenated alkanes) is 1. The minimum absolute atomic E-state index is 0.160. The van der Waals surface area contributed by atoms with Gasteiger partial charge < -0.3 is 10.2 Å². The fraction of sp³-hybridized carbons (Fsp3) is 0.294. The molecule has 5 heteroatoms. The molecular weight excluding hydrogens is 342 g/mol. The molecule has 4 nitrogen and oxygen atoms in total. The second-order valence-corrected chi connectivity index (χ2v) is 6.05. The van der Waals surface area contributed by atoms with Crippen molar-refractivity contribution in [2.75, 3.05) is 23.8 Å². The maximum atomic E-state index is 12.1. The molecule has 2 aromatic rings. The van der Waals surface area contributed by atoms with Crippen LogP contribution in [0.4, 0.5) is 11.5 Å². The lowest BCUT2D eigenvalue weighted by Gasteiger charge is -2.18. The summed E-state index contributed by atoms with van der Waals surface area (Å²) in [6, 6.07) is 11.0. The quantitative estimate of drug-likeness (QED) is 0.832. The number of amides is 1. The summed E-state index contributed by atoms with van der Waals surface area (Å²) >= 11 is 3.35. The number of nitrogens with zero attached hydrogens (tertiary/aromatic N) is 2. The molecule has 1 amide bonds. The molecule has 2 rings (SSSR count). The maximum Gasteiger partial charge on any atom is 0.256 e. The van der Waals surface area contributed by atoms with E-state index < -0.39 is 0 Å². The summed E-state index contributed by atoms with van der Waals surface area (Å²) in [7, 11) is 2.05. The van der Waals surface area contributed by atoms with Crippen LogP contribution in [0.2, 0.25) is 0 Å². The van der Waals surface area contributed by atoms with Crippen LogP contribution in [0.1, 0.15) is 30.1 Å². The Hall–Kier alpha value is -1.88. The van der Waals surface area contributed by atoms with E-state index in [-0.39, 0.29) is 5.91 Å². The van der Waals surface area contributed by atoms with Crippen molar-refractivity contribution in [1.29, 1.82) is 0 Å². The molecule has 22 heavy (non-hydrogen) atoms. The third-order valence-electron chi connectivity index (χ3n) is 3.38. The normalized spacial score (nSPS) is 10.3. The second-order valence-electron chi connectivity index (χ2n) is 5.14. The number of rotatable bonds is 6. The number of benzene rings is 1. The summed E-state index contributed by atoms with van der Waals surface area (Å²) in [5.41, 5.74) is 1.66. The minimum Gasteiger partial charge on any atom is -0.373 e. The van der Waals surface area contributed by atoms with Crippen molar-refractivity contribution < 1.29 is 4.79 Å². The smallest absolute Gasteiger partial charge is 0.256 e. The predicted octanol–water partition coefficient (Wildman–Crippen LogP) is 4.33. The molecule has 0 saturated heterocycles. The Kier molecular flexibility index (Phi) is 5.95. The van der Waals surface area contributed by atoms with Gasteiger partial charge in [0.2, 0.25) is 0 Å². The van der Waals surface area contributed by atoms with Crippen LogP contribution in [-0.4, -0.2) is 24.5 Å². The molecule has 0 saturated carbocycles. The highest BCUT2D eigenvalue weighted by atomic mass is 79.9. The standard InChI is InChI=1S/C17H20BrN3O/c1-3-4-11-21(2)15-9-10-16(19-12-15)20-17(22)13-5-7-14(18)8-6-13/h5-10,12H,3-4,11H2,1-2H3,(H,19,20,22). The highest BCUT2D eigenvalue weighted by Gasteiger charge is 2.07. The Balaban J connectivity index is 1.98. The molecule has 0 fully saturated rings. The SMILES string of the molecule is CCCCN(C)c1ccc(NC(=O)c2ccc(Br)cc2)nc1. The van der Waals surface area contributed by atoms with Crippen LogP contribution in [0.5, 0.6) is 0 Å². The van der Waals surface area contributed by atoms with E-state index in [1.54, 1.807) is 18.3 Å². The molecule has 0 radical (unpaired) electrons. The largest absolute Gasteiger partial charge is 0.373 e. The molecule has 116 valence electrons. The van der Waals surface area contributed by atoms with Gasteiger partial charge in [0.1, 0.15) is 5.82 Å². The summed E-state index contributed by atoms with van der Waals surface area (Å²) in [6.45, 7) is 3.18. The minimum atomic E-state index is -0.160. The second kappa shape index (κ2) is 7.94. The number of carbonyl (C=O) groups is 1. The number of hydrogen-bond acceptors (Lipinski definition) is 3. The highest BCUT2D eigenvalue weighted by molar-refractivity contribution is 9.10. The number of carbonyl (C=O) groups excluding carboxylic acids is 1. The average molecular weight is 362 g/mol. The Labute approximate surface area is 139 Å². The molecule has 1 aromatic carbocycles. The first-order valence-corrected chi connectivity index (χ1v) is 8.13. The van der Waals surface area contributed by atoms with Crippen LogP contribution < -0.4 is 10.2 Å². The van der Waals surface area contributed by atoms with Gasteiger partial charge in [0, 0.05) is 23.6 Å². The Morgan fingerprint density at radius 2 is 1.95 bits per heavy atom. The predicted molar refractivity (Wildman–Crippen MR) is 94.5 cm³/mol. The van der Waals surface area contributed by atoms with E-state index in [4.69, 9.17) is 0 Å². The van der Waals surface area contributed by atoms with Crippen molar-refractivity contribution in [2.45, 2.75) is 19.8 Å². The van der Waals surface area contributed by atoms with Crippen LogP contribution in [0.25, 0.3) is 0 Å². The Morgan fingerprint density at radius 3 is 2.55 bits per heavy atom. The highest BCUT2D eigenvalue weighted by Crippen LogP contribution is 2.16. The maximum absolute atomic E-state index is 12.1. The monoisotopic (exact) mass is 361 g/mol. The molecule has 1 heterocycles. The van der Waals surface area contributed by atoms with Crippen LogP contribution in [0.15, 0.2) is 47.1 Å². The lowest BCUT2D eigenvalue weighted by atomic mass is 10.2. The van der Waals surface area contributed by atoms with Crippen LogP contribution in [-0.2, 0) is 0 Å². The summed E-state index contributed by atoms with van der Waals surface area (Å²) in [5, 5.41) is 2.80. The van der Waals surface area contributed by atoms with Gasteiger partial charge >= 0.3 is 0 Å². The Morgan fingerprint density at radius 1 is 1.23 bits per heavy atom. The van der Waals surface area contributed by atoms with E-state index in [1.807, 2.05) is 31.3 Å². The number of aromatic nitrogens is 1. The lowest BCUT2D eigenvalue weighted by molar-refractivity contribution is 0.102. The van der Waals surface area contributed by atoms with Gasteiger partial charge in [-0.3, -0.25) is 4.79 Å². The summed E-state index contributed by atoms with van der Waals surface area (Å²) in [5.74, 6) is 0.396. The van der Waals surface area contributed by atoms with Gasteiger partial charge in [-0.1, -0.05) is 29.3 Å². The van der Waals surface area contributed by atoms with E-state index in [1.165, 1.54) is 6.42 Å². The first kappa shape index (κ1) is 16.5. The van der Waals surface area contributed by atoms with Crippen LogP contribution in [0.3, 0.4) is 0 Å². The van der Waals surface area contributed by atoms with E-state index >= 15 is 0 Å². The van der Waals surface area contributed by atoms with Crippen LogP contribution in [0, 0.1) is 0 Å². The molecule has 1 aromatic heterocycles. The van der Waals surface area contributed by atoms with Crippen molar-refractivity contribution in [3.63, 3.8) is 0 Å². The van der Waals surface area contributed by atoms with Crippen molar-refractivity contribution in [1.82, 2.24) is 4.98 Å². The third-order valence-corrected chi connectivity index (χ3v) is 3.91. The number of hydrogen-bond donors (Lipinski definition) is 1. The topological polar surface area (TPSA) is 45.2 Å². The van der Waals surface area contributed by atoms with Gasteiger partial charge in [0.05, 0.1) is 11.9 Å². The van der Waals surface area contributed by atoms with Crippen molar-refractivity contribution >= 4 is 33.3 Å². The van der Waals surface area contributed by atoms with E-state index in [0.717, 1.165) is 23.1 Å². The van der Waals surface area contributed by atoms with Gasteiger partial charge in [-0.15, -0.1) is 0 Å². The fourth-order valence-corrected chi connectivity index (χ4v) is 2.26. The van der Waals surface area contributed by atoms with Crippen LogP contribution >= 0.6 is 15.9 Å².